The minimum Gasteiger partial charge on any atom is -0.388 e. The van der Waals surface area contributed by atoms with Crippen LogP contribution in [0.25, 0.3) is 22.4 Å². The maximum atomic E-state index is 13.1. The Hall–Kier alpha value is -4.30. The van der Waals surface area contributed by atoms with Crippen molar-refractivity contribution in [3.8, 4) is 28.5 Å². The third-order valence-corrected chi connectivity index (χ3v) is 6.01. The Balaban J connectivity index is 1.64. The summed E-state index contributed by atoms with van der Waals surface area (Å²) in [7, 11) is -3.92. The molecule has 0 atom stereocenters. The first-order chi connectivity index (χ1) is 16.3. The number of aromatic nitrogens is 1. The summed E-state index contributed by atoms with van der Waals surface area (Å²) in [5.74, 6) is -0.589. The fourth-order valence-corrected chi connectivity index (χ4v) is 4.24. The summed E-state index contributed by atoms with van der Waals surface area (Å²) >= 11 is 0. The molecule has 1 amide bonds. The van der Waals surface area contributed by atoms with Gasteiger partial charge in [-0.25, -0.2) is 13.6 Å². The molecule has 0 radical (unpaired) electrons. The molecule has 3 aromatic carbocycles. The molecule has 0 aliphatic rings. The van der Waals surface area contributed by atoms with Gasteiger partial charge in [-0.3, -0.25) is 4.79 Å². The van der Waals surface area contributed by atoms with Crippen LogP contribution in [0, 0.1) is 11.3 Å². The molecule has 1 heterocycles. The van der Waals surface area contributed by atoms with Crippen LogP contribution in [0.4, 0.5) is 5.69 Å². The molecule has 0 unspecified atom stereocenters. The fraction of sp³-hybridized carbons (Fsp3) is 0.0417. The highest BCUT2D eigenvalue weighted by atomic mass is 32.2. The van der Waals surface area contributed by atoms with E-state index in [1.165, 1.54) is 6.07 Å². The van der Waals surface area contributed by atoms with Crippen molar-refractivity contribution in [2.75, 3.05) is 5.32 Å². The predicted octanol–water partition coefficient (Wildman–Crippen LogP) is 3.27. The van der Waals surface area contributed by atoms with Gasteiger partial charge in [-0.15, -0.1) is 0 Å². The average molecular weight is 474 g/mol. The van der Waals surface area contributed by atoms with Gasteiger partial charge in [-0.05, 0) is 35.9 Å². The lowest BCUT2D eigenvalue weighted by Gasteiger charge is -2.10. The number of benzene rings is 3. The van der Waals surface area contributed by atoms with Gasteiger partial charge in [0.1, 0.15) is 17.9 Å². The van der Waals surface area contributed by atoms with Gasteiger partial charge in [0.05, 0.1) is 16.5 Å². The second-order valence-corrected chi connectivity index (χ2v) is 8.78. The summed E-state index contributed by atoms with van der Waals surface area (Å²) < 4.78 is 28.9. The lowest BCUT2D eigenvalue weighted by Crippen LogP contribution is -2.14. The smallest absolute Gasteiger partial charge is 0.261 e. The molecule has 9 nitrogen and oxygen atoms in total. The van der Waals surface area contributed by atoms with Crippen LogP contribution in [-0.4, -0.2) is 24.6 Å². The van der Waals surface area contributed by atoms with Crippen LogP contribution in [0.5, 0.6) is 0 Å². The van der Waals surface area contributed by atoms with E-state index in [2.05, 4.69) is 10.5 Å². The minimum absolute atomic E-state index is 0.00640. The van der Waals surface area contributed by atoms with Crippen molar-refractivity contribution in [1.82, 2.24) is 5.16 Å². The van der Waals surface area contributed by atoms with Gasteiger partial charge in [-0.1, -0.05) is 47.6 Å². The number of primary sulfonamides is 1. The van der Waals surface area contributed by atoms with E-state index in [1.807, 2.05) is 6.07 Å². The summed E-state index contributed by atoms with van der Waals surface area (Å²) in [4.78, 5) is 13.1. The van der Waals surface area contributed by atoms with E-state index < -0.39 is 22.5 Å². The normalized spacial score (nSPS) is 11.1. The van der Waals surface area contributed by atoms with Gasteiger partial charge in [0.25, 0.3) is 5.91 Å². The fourth-order valence-electron chi connectivity index (χ4n) is 3.48. The average Bonchev–Trinajstić information content (AvgIpc) is 3.28. The Morgan fingerprint density at radius 1 is 1.06 bits per heavy atom. The number of hydrogen-bond donors (Lipinski definition) is 3. The molecule has 0 saturated heterocycles. The molecule has 4 aromatic rings. The van der Waals surface area contributed by atoms with E-state index in [0.717, 1.165) is 0 Å². The molecule has 0 bridgehead atoms. The second kappa shape index (κ2) is 9.29. The van der Waals surface area contributed by atoms with Crippen molar-refractivity contribution in [2.24, 2.45) is 5.14 Å². The SMILES string of the molecule is N#Cc1cccc(-c2noc(CO)c2C(=O)Nc2ccc(-c3ccccc3S(N)(=O)=O)cc2)c1. The molecule has 170 valence electrons. The standard InChI is InChI=1S/C24H18N4O5S/c25-13-15-4-3-5-17(12-15)23-22(20(14-29)33-28-23)24(30)27-18-10-8-16(9-11-18)19-6-1-2-7-21(19)34(26,31)32/h1-12,29H,14H2,(H,27,30)(H2,26,31,32). The van der Waals surface area contributed by atoms with E-state index in [-0.39, 0.29) is 21.9 Å². The minimum atomic E-state index is -3.92. The molecule has 4 rings (SSSR count). The molecule has 0 fully saturated rings. The first-order valence-corrected chi connectivity index (χ1v) is 11.5. The highest BCUT2D eigenvalue weighted by Crippen LogP contribution is 2.29. The third kappa shape index (κ3) is 4.57. The number of aliphatic hydroxyl groups excluding tert-OH is 1. The van der Waals surface area contributed by atoms with Crippen LogP contribution in [0.2, 0.25) is 0 Å². The summed E-state index contributed by atoms with van der Waals surface area (Å²) in [6.45, 7) is -0.545. The van der Waals surface area contributed by atoms with Gasteiger partial charge in [-0.2, -0.15) is 5.26 Å². The molecule has 0 aliphatic carbocycles. The van der Waals surface area contributed by atoms with E-state index in [1.54, 1.807) is 66.7 Å². The van der Waals surface area contributed by atoms with Crippen LogP contribution in [0.15, 0.2) is 82.2 Å². The Labute approximate surface area is 195 Å². The molecule has 0 saturated carbocycles. The number of sulfonamides is 1. The van der Waals surface area contributed by atoms with Crippen molar-refractivity contribution < 1.29 is 22.8 Å². The van der Waals surface area contributed by atoms with Gasteiger partial charge >= 0.3 is 0 Å². The first kappa shape index (κ1) is 22.9. The van der Waals surface area contributed by atoms with Gasteiger partial charge in [0, 0.05) is 16.8 Å². The second-order valence-electron chi connectivity index (χ2n) is 7.25. The molecule has 0 spiro atoms. The summed E-state index contributed by atoms with van der Waals surface area (Å²) in [6.07, 6.45) is 0. The predicted molar refractivity (Wildman–Crippen MR) is 124 cm³/mol. The monoisotopic (exact) mass is 474 g/mol. The molecule has 10 heteroatoms. The number of nitrogens with zero attached hydrogens (tertiary/aromatic N) is 2. The number of carbonyl (C=O) groups is 1. The highest BCUT2D eigenvalue weighted by Gasteiger charge is 2.24. The Bertz CT molecular complexity index is 1520. The number of aliphatic hydroxyl groups is 1. The number of rotatable bonds is 6. The van der Waals surface area contributed by atoms with Crippen molar-refractivity contribution in [2.45, 2.75) is 11.5 Å². The summed E-state index contributed by atoms with van der Waals surface area (Å²) in [5.41, 5.74) is 2.56. The quantitative estimate of drug-likeness (QED) is 0.387. The number of carbonyl (C=O) groups excluding carboxylic acids is 1. The van der Waals surface area contributed by atoms with Gasteiger partial charge in [0.15, 0.2) is 5.76 Å². The van der Waals surface area contributed by atoms with Crippen LogP contribution in [-0.2, 0) is 16.6 Å². The summed E-state index contributed by atoms with van der Waals surface area (Å²) in [5, 5.41) is 30.7. The third-order valence-electron chi connectivity index (χ3n) is 5.05. The van der Waals surface area contributed by atoms with Crippen molar-refractivity contribution in [3.63, 3.8) is 0 Å². The lowest BCUT2D eigenvalue weighted by molar-refractivity contribution is 0.102. The van der Waals surface area contributed by atoms with Crippen LogP contribution in [0.3, 0.4) is 0 Å². The molecule has 0 aliphatic heterocycles. The Morgan fingerprint density at radius 3 is 2.47 bits per heavy atom. The zero-order valence-corrected chi connectivity index (χ0v) is 18.4. The number of nitrogens with two attached hydrogens (primary N) is 1. The van der Waals surface area contributed by atoms with Crippen LogP contribution in [0.1, 0.15) is 21.7 Å². The first-order valence-electron chi connectivity index (χ1n) is 9.95. The summed E-state index contributed by atoms with van der Waals surface area (Å²) in [6, 6.07) is 21.4. The topological polar surface area (TPSA) is 159 Å². The highest BCUT2D eigenvalue weighted by molar-refractivity contribution is 7.89. The molecule has 1 aromatic heterocycles. The van der Waals surface area contributed by atoms with E-state index in [9.17, 15) is 18.3 Å². The number of nitrogens with one attached hydrogen (secondary N) is 1. The Morgan fingerprint density at radius 2 is 1.79 bits per heavy atom. The number of amides is 1. The van der Waals surface area contributed by atoms with Gasteiger partial charge in [0.2, 0.25) is 10.0 Å². The number of hydrogen-bond acceptors (Lipinski definition) is 7. The van der Waals surface area contributed by atoms with Crippen molar-refractivity contribution >= 4 is 21.6 Å². The van der Waals surface area contributed by atoms with E-state index in [4.69, 9.17) is 14.9 Å². The zero-order chi connectivity index (χ0) is 24.3. The maximum Gasteiger partial charge on any atom is 0.261 e. The van der Waals surface area contributed by atoms with Crippen molar-refractivity contribution in [1.29, 1.82) is 5.26 Å². The molecular formula is C24H18N4O5S. The number of nitriles is 1. The van der Waals surface area contributed by atoms with Crippen molar-refractivity contribution in [3.05, 3.63) is 89.7 Å². The van der Waals surface area contributed by atoms with E-state index in [0.29, 0.717) is 27.9 Å². The molecule has 4 N–H and O–H groups in total. The molecule has 34 heavy (non-hydrogen) atoms. The van der Waals surface area contributed by atoms with Gasteiger partial charge < -0.3 is 14.9 Å². The van der Waals surface area contributed by atoms with E-state index >= 15 is 0 Å². The Kier molecular flexibility index (Phi) is 6.25. The van der Waals surface area contributed by atoms with Crippen LogP contribution < -0.4 is 10.5 Å². The maximum absolute atomic E-state index is 13.1. The lowest BCUT2D eigenvalue weighted by atomic mass is 10.0. The number of anilines is 1. The van der Waals surface area contributed by atoms with Crippen LogP contribution >= 0.6 is 0 Å². The largest absolute Gasteiger partial charge is 0.388 e. The zero-order valence-electron chi connectivity index (χ0n) is 17.6. The molecular weight excluding hydrogens is 456 g/mol.